The topological polar surface area (TPSA) is 99.2 Å². The lowest BCUT2D eigenvalue weighted by atomic mass is 10.0. The SMILES string of the molecule is COc1cc(S(=O)(=O)Nc2ccc(Oc3ccnc4cc(OCCCN5CCCC(C)C5)c(OC)cc34)c(F)c2)ccc1F. The Morgan fingerprint density at radius 1 is 0.932 bits per heavy atom. The molecule has 0 aliphatic carbocycles. The Morgan fingerprint density at radius 2 is 1.75 bits per heavy atom. The second kappa shape index (κ2) is 13.6. The molecule has 3 aromatic carbocycles. The molecule has 5 rings (SSSR count). The van der Waals surface area contributed by atoms with E-state index < -0.39 is 21.7 Å². The highest BCUT2D eigenvalue weighted by Gasteiger charge is 2.20. The first-order chi connectivity index (χ1) is 21.2. The molecule has 1 fully saturated rings. The zero-order valence-corrected chi connectivity index (χ0v) is 25.6. The number of ether oxygens (including phenoxy) is 4. The Balaban J connectivity index is 1.28. The summed E-state index contributed by atoms with van der Waals surface area (Å²) in [5, 5.41) is 0.577. The van der Waals surface area contributed by atoms with Crippen LogP contribution in [-0.4, -0.2) is 58.8 Å². The molecular formula is C32H35F2N3O6S. The molecule has 1 atom stereocenters. The van der Waals surface area contributed by atoms with Gasteiger partial charge in [-0.1, -0.05) is 6.92 Å². The molecule has 0 radical (unpaired) electrons. The minimum absolute atomic E-state index is 0.0454. The highest BCUT2D eigenvalue weighted by atomic mass is 32.2. The number of benzene rings is 3. The van der Waals surface area contributed by atoms with E-state index in [1.807, 2.05) is 0 Å². The number of sulfonamides is 1. The van der Waals surface area contributed by atoms with Crippen LogP contribution in [0.15, 0.2) is 65.7 Å². The van der Waals surface area contributed by atoms with Gasteiger partial charge in [0.25, 0.3) is 10.0 Å². The van der Waals surface area contributed by atoms with Crippen LogP contribution in [0.1, 0.15) is 26.2 Å². The van der Waals surface area contributed by atoms with E-state index in [0.29, 0.717) is 34.8 Å². The number of likely N-dealkylation sites (tertiary alicyclic amines) is 1. The molecule has 12 heteroatoms. The van der Waals surface area contributed by atoms with E-state index in [4.69, 9.17) is 18.9 Å². The Morgan fingerprint density at radius 3 is 2.50 bits per heavy atom. The molecule has 44 heavy (non-hydrogen) atoms. The number of fused-ring (bicyclic) bond motifs is 1. The molecular weight excluding hydrogens is 592 g/mol. The van der Waals surface area contributed by atoms with E-state index in [1.165, 1.54) is 32.1 Å². The van der Waals surface area contributed by atoms with Gasteiger partial charge in [-0.15, -0.1) is 0 Å². The van der Waals surface area contributed by atoms with Gasteiger partial charge in [0.1, 0.15) is 5.75 Å². The first-order valence-corrected chi connectivity index (χ1v) is 15.8. The Bertz CT molecular complexity index is 1740. The molecule has 2 heterocycles. The van der Waals surface area contributed by atoms with E-state index in [1.54, 1.807) is 31.5 Å². The van der Waals surface area contributed by atoms with Crippen molar-refractivity contribution in [2.24, 2.45) is 5.92 Å². The molecule has 1 aliphatic heterocycles. The number of hydrogen-bond donors (Lipinski definition) is 1. The van der Waals surface area contributed by atoms with Crippen molar-refractivity contribution < 1.29 is 36.1 Å². The summed E-state index contributed by atoms with van der Waals surface area (Å²) in [6, 6.07) is 11.9. The molecule has 1 aromatic heterocycles. The van der Waals surface area contributed by atoms with E-state index >= 15 is 4.39 Å². The van der Waals surface area contributed by atoms with E-state index in [9.17, 15) is 12.8 Å². The van der Waals surface area contributed by atoms with Crippen LogP contribution >= 0.6 is 0 Å². The summed E-state index contributed by atoms with van der Waals surface area (Å²) in [6.07, 6.45) is 4.95. The van der Waals surface area contributed by atoms with Gasteiger partial charge in [-0.05, 0) is 68.1 Å². The first-order valence-electron chi connectivity index (χ1n) is 14.3. The van der Waals surface area contributed by atoms with Gasteiger partial charge in [-0.25, -0.2) is 17.2 Å². The molecule has 9 nitrogen and oxygen atoms in total. The normalized spacial score (nSPS) is 15.6. The van der Waals surface area contributed by atoms with Crippen LogP contribution in [0, 0.1) is 17.6 Å². The maximum atomic E-state index is 15.1. The second-order valence-electron chi connectivity index (χ2n) is 10.7. The van der Waals surface area contributed by atoms with Crippen LogP contribution in [0.5, 0.6) is 28.7 Å². The molecule has 1 unspecified atom stereocenters. The number of halogens is 2. The lowest BCUT2D eigenvalue weighted by Crippen LogP contribution is -2.35. The van der Waals surface area contributed by atoms with Gasteiger partial charge >= 0.3 is 0 Å². The van der Waals surface area contributed by atoms with E-state index in [0.717, 1.165) is 56.2 Å². The lowest BCUT2D eigenvalue weighted by Gasteiger charge is -2.30. The third-order valence-electron chi connectivity index (χ3n) is 7.44. The largest absolute Gasteiger partial charge is 0.494 e. The third-order valence-corrected chi connectivity index (χ3v) is 8.82. The second-order valence-corrected chi connectivity index (χ2v) is 12.4. The van der Waals surface area contributed by atoms with Crippen molar-refractivity contribution in [3.63, 3.8) is 0 Å². The Hall–Kier alpha value is -4.16. The van der Waals surface area contributed by atoms with Crippen LogP contribution in [0.4, 0.5) is 14.5 Å². The van der Waals surface area contributed by atoms with Gasteiger partial charge in [0.15, 0.2) is 34.6 Å². The molecule has 0 amide bonds. The fraction of sp³-hybridized carbons (Fsp3) is 0.344. The summed E-state index contributed by atoms with van der Waals surface area (Å²) in [5.74, 6) is 0.224. The minimum Gasteiger partial charge on any atom is -0.494 e. The summed E-state index contributed by atoms with van der Waals surface area (Å²) in [7, 11) is -1.38. The smallest absolute Gasteiger partial charge is 0.262 e. The average Bonchev–Trinajstić information content (AvgIpc) is 3.00. The van der Waals surface area contributed by atoms with Crippen molar-refractivity contribution in [1.82, 2.24) is 9.88 Å². The van der Waals surface area contributed by atoms with Crippen molar-refractivity contribution >= 4 is 26.6 Å². The predicted molar refractivity (Wildman–Crippen MR) is 163 cm³/mol. The van der Waals surface area contributed by atoms with Gasteiger partial charge in [-0.3, -0.25) is 9.71 Å². The summed E-state index contributed by atoms with van der Waals surface area (Å²) >= 11 is 0. The number of hydrogen-bond acceptors (Lipinski definition) is 8. The van der Waals surface area contributed by atoms with Crippen LogP contribution in [0.3, 0.4) is 0 Å². The first kappa shape index (κ1) is 31.3. The van der Waals surface area contributed by atoms with Gasteiger partial charge in [0.05, 0.1) is 36.9 Å². The maximum absolute atomic E-state index is 15.1. The fourth-order valence-corrected chi connectivity index (χ4v) is 6.30. The molecule has 0 saturated carbocycles. The van der Waals surface area contributed by atoms with Crippen LogP contribution in [0.25, 0.3) is 10.9 Å². The van der Waals surface area contributed by atoms with Crippen molar-refractivity contribution in [3.8, 4) is 28.7 Å². The zero-order chi connectivity index (χ0) is 31.3. The number of nitrogens with zero attached hydrogens (tertiary/aromatic N) is 2. The molecule has 0 bridgehead atoms. The Labute approximate surface area is 255 Å². The number of aromatic nitrogens is 1. The molecule has 234 valence electrons. The van der Waals surface area contributed by atoms with Crippen molar-refractivity contribution in [3.05, 3.63) is 72.4 Å². The number of anilines is 1. The van der Waals surface area contributed by atoms with E-state index in [-0.39, 0.29) is 22.1 Å². The highest BCUT2D eigenvalue weighted by molar-refractivity contribution is 7.92. The van der Waals surface area contributed by atoms with Crippen LogP contribution < -0.4 is 23.7 Å². The standard InChI is InChI=1S/C32H35F2N3O6S/c1-21-6-4-13-37(20-21)14-5-15-42-32-19-27-24(18-31(32)41-3)28(11-12-35-27)43-29-10-7-22(16-26(29)34)36-44(38,39)23-8-9-25(33)30(17-23)40-2/h7-12,16-19,21,36H,4-6,13-15,20H2,1-3H3. The minimum atomic E-state index is -4.15. The number of nitrogens with one attached hydrogen (secondary N) is 1. The number of pyridine rings is 1. The van der Waals surface area contributed by atoms with Crippen molar-refractivity contribution in [2.45, 2.75) is 31.1 Å². The summed E-state index contributed by atoms with van der Waals surface area (Å²) in [6.45, 7) is 6.04. The lowest BCUT2D eigenvalue weighted by molar-refractivity contribution is 0.169. The highest BCUT2D eigenvalue weighted by Crippen LogP contribution is 2.38. The van der Waals surface area contributed by atoms with Crippen LogP contribution in [-0.2, 0) is 10.0 Å². The quantitative estimate of drug-likeness (QED) is 0.175. The average molecular weight is 628 g/mol. The van der Waals surface area contributed by atoms with Crippen molar-refractivity contribution in [1.29, 1.82) is 0 Å². The van der Waals surface area contributed by atoms with Gasteiger partial charge in [0.2, 0.25) is 0 Å². The number of methoxy groups -OCH3 is 2. The van der Waals surface area contributed by atoms with Gasteiger partial charge < -0.3 is 23.8 Å². The van der Waals surface area contributed by atoms with Gasteiger partial charge in [-0.2, -0.15) is 0 Å². The zero-order valence-electron chi connectivity index (χ0n) is 24.8. The molecule has 1 aliphatic rings. The van der Waals surface area contributed by atoms with Crippen LogP contribution in [0.2, 0.25) is 0 Å². The van der Waals surface area contributed by atoms with Gasteiger partial charge in [0, 0.05) is 42.9 Å². The summed E-state index contributed by atoms with van der Waals surface area (Å²) in [5.41, 5.74) is 0.527. The monoisotopic (exact) mass is 627 g/mol. The predicted octanol–water partition coefficient (Wildman–Crippen LogP) is 6.62. The number of rotatable bonds is 12. The third kappa shape index (κ3) is 7.31. The van der Waals surface area contributed by atoms with Crippen molar-refractivity contribution in [2.75, 3.05) is 45.2 Å². The maximum Gasteiger partial charge on any atom is 0.262 e. The number of piperidine rings is 1. The molecule has 0 spiro atoms. The summed E-state index contributed by atoms with van der Waals surface area (Å²) in [4.78, 5) is 6.66. The summed E-state index contributed by atoms with van der Waals surface area (Å²) < 4.78 is 79.1. The molecule has 4 aromatic rings. The molecule has 1 N–H and O–H groups in total. The molecule has 1 saturated heterocycles. The van der Waals surface area contributed by atoms with E-state index in [2.05, 4.69) is 21.5 Å². The Kier molecular flexibility index (Phi) is 9.70. The fourth-order valence-electron chi connectivity index (χ4n) is 5.24.